The number of anilines is 1. The second-order valence-electron chi connectivity index (χ2n) is 4.75. The molecule has 0 fully saturated rings. The van der Waals surface area contributed by atoms with Crippen LogP contribution in [-0.4, -0.2) is 30.9 Å². The number of aromatic amines is 1. The number of nitrogens with one attached hydrogen (secondary N) is 2. The number of amides is 1. The van der Waals surface area contributed by atoms with Crippen LogP contribution in [0.5, 0.6) is 0 Å². The molecule has 0 aliphatic heterocycles. The van der Waals surface area contributed by atoms with Crippen molar-refractivity contribution in [1.29, 1.82) is 0 Å². The molecule has 1 amide bonds. The van der Waals surface area contributed by atoms with Crippen LogP contribution in [0.15, 0.2) is 34.4 Å². The Labute approximate surface area is 141 Å². The predicted molar refractivity (Wildman–Crippen MR) is 81.8 cm³/mol. The topological polar surface area (TPSA) is 106 Å². The second-order valence-corrected chi connectivity index (χ2v) is 5.69. The minimum Gasteiger partial charge on any atom is -0.292 e. The van der Waals surface area contributed by atoms with E-state index in [2.05, 4.69) is 20.5 Å². The monoisotopic (exact) mass is 370 g/mol. The van der Waals surface area contributed by atoms with Crippen LogP contribution in [0.1, 0.15) is 5.82 Å². The quantitative estimate of drug-likeness (QED) is 0.728. The van der Waals surface area contributed by atoms with Crippen molar-refractivity contribution in [3.63, 3.8) is 0 Å². The van der Waals surface area contributed by atoms with Gasteiger partial charge in [-0.1, -0.05) is 6.07 Å². The van der Waals surface area contributed by atoms with E-state index in [4.69, 9.17) is 0 Å². The Balaban J connectivity index is 1.74. The van der Waals surface area contributed by atoms with Crippen LogP contribution < -0.4 is 10.9 Å². The zero-order valence-electron chi connectivity index (χ0n) is 12.2. The number of alkyl halides is 3. The van der Waals surface area contributed by atoms with E-state index in [1.54, 1.807) is 11.2 Å². The summed E-state index contributed by atoms with van der Waals surface area (Å²) in [6.07, 6.45) is -4.70. The fourth-order valence-electron chi connectivity index (χ4n) is 1.86. The van der Waals surface area contributed by atoms with E-state index in [0.717, 1.165) is 9.56 Å². The van der Waals surface area contributed by atoms with Crippen molar-refractivity contribution in [3.8, 4) is 10.6 Å². The molecule has 3 heterocycles. The van der Waals surface area contributed by atoms with Gasteiger partial charge >= 0.3 is 6.18 Å². The van der Waals surface area contributed by atoms with Crippen LogP contribution in [0.25, 0.3) is 10.6 Å². The van der Waals surface area contributed by atoms with Gasteiger partial charge in [0.15, 0.2) is 0 Å². The van der Waals surface area contributed by atoms with Gasteiger partial charge in [0.2, 0.25) is 17.7 Å². The Morgan fingerprint density at radius 3 is 2.76 bits per heavy atom. The summed E-state index contributed by atoms with van der Waals surface area (Å²) in [6.45, 7) is -0.492. The van der Waals surface area contributed by atoms with Crippen LogP contribution in [0.4, 0.5) is 19.1 Å². The third-order valence-electron chi connectivity index (χ3n) is 2.94. The average Bonchev–Trinajstić information content (AvgIpc) is 3.20. The van der Waals surface area contributed by atoms with Crippen molar-refractivity contribution in [1.82, 2.24) is 25.0 Å². The predicted octanol–water partition coefficient (Wildman–Crippen LogP) is 1.75. The maximum Gasteiger partial charge on any atom is 0.451 e. The van der Waals surface area contributed by atoms with E-state index in [1.807, 2.05) is 11.4 Å². The lowest BCUT2D eigenvalue weighted by atomic mass is 10.3. The Hall–Kier alpha value is -3.02. The maximum absolute atomic E-state index is 12.4. The molecule has 0 unspecified atom stereocenters. The number of nitrogens with zero attached hydrogens (tertiary/aromatic N) is 4. The zero-order chi connectivity index (χ0) is 18.0. The van der Waals surface area contributed by atoms with Crippen molar-refractivity contribution in [2.24, 2.45) is 0 Å². The zero-order valence-corrected chi connectivity index (χ0v) is 13.1. The van der Waals surface area contributed by atoms with Gasteiger partial charge in [0.1, 0.15) is 12.2 Å². The van der Waals surface area contributed by atoms with Crippen molar-refractivity contribution in [2.45, 2.75) is 12.7 Å². The summed E-state index contributed by atoms with van der Waals surface area (Å²) in [7, 11) is 0. The van der Waals surface area contributed by atoms with Crippen LogP contribution in [0.2, 0.25) is 0 Å². The lowest BCUT2D eigenvalue weighted by Gasteiger charge is -2.05. The average molecular weight is 370 g/mol. The highest BCUT2D eigenvalue weighted by Crippen LogP contribution is 2.26. The molecule has 0 radical (unpaired) electrons. The van der Waals surface area contributed by atoms with Gasteiger partial charge in [0.25, 0.3) is 5.56 Å². The number of thiophene rings is 1. The van der Waals surface area contributed by atoms with Crippen LogP contribution in [-0.2, 0) is 17.5 Å². The highest BCUT2D eigenvalue weighted by molar-refractivity contribution is 7.13. The molecule has 0 spiro atoms. The first-order valence-electron chi connectivity index (χ1n) is 6.74. The van der Waals surface area contributed by atoms with Gasteiger partial charge in [-0.05, 0) is 17.5 Å². The van der Waals surface area contributed by atoms with Gasteiger partial charge < -0.3 is 0 Å². The molecular formula is C13H9F3N6O2S. The summed E-state index contributed by atoms with van der Waals surface area (Å²) in [4.78, 5) is 27.6. The van der Waals surface area contributed by atoms with Gasteiger partial charge in [-0.25, -0.2) is 4.68 Å². The summed E-state index contributed by atoms with van der Waals surface area (Å²) in [5.74, 6) is -2.66. The summed E-state index contributed by atoms with van der Waals surface area (Å²) < 4.78 is 38.2. The molecule has 8 nitrogen and oxygen atoms in total. The van der Waals surface area contributed by atoms with E-state index < -0.39 is 36.0 Å². The van der Waals surface area contributed by atoms with E-state index in [1.165, 1.54) is 23.5 Å². The van der Waals surface area contributed by atoms with Crippen molar-refractivity contribution in [3.05, 3.63) is 45.8 Å². The third-order valence-corrected chi connectivity index (χ3v) is 3.83. The normalized spacial score (nSPS) is 11.5. The van der Waals surface area contributed by atoms with E-state index in [-0.39, 0.29) is 0 Å². The van der Waals surface area contributed by atoms with Gasteiger partial charge in [-0.3, -0.25) is 20.0 Å². The molecule has 0 saturated heterocycles. The standard InChI is InChI=1S/C13H9F3N6O2S/c14-13(15,16)11-18-12(20-19-11)17-9(23)6-22-10(24)4-3-7(21-22)8-2-1-5-25-8/h1-5H,6H2,(H2,17,18,19,20,23). The second kappa shape index (κ2) is 6.47. The molecule has 12 heteroatoms. The van der Waals surface area contributed by atoms with Crippen molar-refractivity contribution in [2.75, 3.05) is 5.32 Å². The molecule has 0 aliphatic rings. The van der Waals surface area contributed by atoms with Crippen LogP contribution in [0, 0.1) is 0 Å². The first-order chi connectivity index (χ1) is 11.8. The first kappa shape index (κ1) is 16.8. The number of hydrogen-bond acceptors (Lipinski definition) is 6. The van der Waals surface area contributed by atoms with Gasteiger partial charge in [-0.15, -0.1) is 16.4 Å². The van der Waals surface area contributed by atoms with Crippen molar-refractivity contribution >= 4 is 23.2 Å². The molecule has 25 heavy (non-hydrogen) atoms. The highest BCUT2D eigenvalue weighted by atomic mass is 32.1. The lowest BCUT2D eigenvalue weighted by molar-refractivity contribution is -0.144. The fourth-order valence-corrected chi connectivity index (χ4v) is 2.55. The molecule has 130 valence electrons. The molecule has 0 atom stereocenters. The molecule has 0 aliphatic carbocycles. The van der Waals surface area contributed by atoms with Gasteiger partial charge in [0.05, 0.1) is 4.88 Å². The molecule has 0 aromatic carbocycles. The third kappa shape index (κ3) is 3.91. The van der Waals surface area contributed by atoms with Crippen LogP contribution in [0.3, 0.4) is 0 Å². The molecule has 0 saturated carbocycles. The summed E-state index contributed by atoms with van der Waals surface area (Å²) in [6, 6.07) is 6.39. The van der Waals surface area contributed by atoms with E-state index in [0.29, 0.717) is 5.69 Å². The fraction of sp³-hybridized carbons (Fsp3) is 0.154. The first-order valence-corrected chi connectivity index (χ1v) is 7.62. The number of H-pyrrole nitrogens is 1. The number of halogens is 3. The largest absolute Gasteiger partial charge is 0.451 e. The highest BCUT2D eigenvalue weighted by Gasteiger charge is 2.35. The summed E-state index contributed by atoms with van der Waals surface area (Å²) in [5.41, 5.74) is -0.0268. The number of carbonyl (C=O) groups excluding carboxylic acids is 1. The van der Waals surface area contributed by atoms with Crippen LogP contribution >= 0.6 is 11.3 Å². The van der Waals surface area contributed by atoms with Gasteiger partial charge in [-0.2, -0.15) is 23.3 Å². The lowest BCUT2D eigenvalue weighted by Crippen LogP contribution is -2.29. The number of carbonyl (C=O) groups is 1. The Kier molecular flexibility index (Phi) is 4.35. The summed E-state index contributed by atoms with van der Waals surface area (Å²) >= 11 is 1.41. The number of hydrogen-bond donors (Lipinski definition) is 2. The minimum atomic E-state index is -4.70. The molecule has 3 aromatic heterocycles. The number of aromatic nitrogens is 5. The minimum absolute atomic E-state index is 0.492. The molecule has 3 rings (SSSR count). The SMILES string of the molecule is O=C(Cn1nc(-c2cccs2)ccc1=O)Nc1n[nH]c(C(F)(F)F)n1. The molecule has 0 bridgehead atoms. The summed E-state index contributed by atoms with van der Waals surface area (Å²) in [5, 5.41) is 12.9. The van der Waals surface area contributed by atoms with Crippen molar-refractivity contribution < 1.29 is 18.0 Å². The number of rotatable bonds is 4. The molecule has 2 N–H and O–H groups in total. The Bertz CT molecular complexity index is 947. The maximum atomic E-state index is 12.4. The smallest absolute Gasteiger partial charge is 0.292 e. The molecule has 3 aromatic rings. The van der Waals surface area contributed by atoms with E-state index >= 15 is 0 Å². The Morgan fingerprint density at radius 2 is 2.12 bits per heavy atom. The Morgan fingerprint density at radius 1 is 1.32 bits per heavy atom. The van der Waals surface area contributed by atoms with Gasteiger partial charge in [0, 0.05) is 6.07 Å². The van der Waals surface area contributed by atoms with E-state index in [9.17, 15) is 22.8 Å². The molecular weight excluding hydrogens is 361 g/mol.